The van der Waals surface area contributed by atoms with Crippen LogP contribution < -0.4 is 11.5 Å². The summed E-state index contributed by atoms with van der Waals surface area (Å²) in [5.74, 6) is 0.108. The summed E-state index contributed by atoms with van der Waals surface area (Å²) in [6.45, 7) is 0.00167. The van der Waals surface area contributed by atoms with E-state index in [1.165, 1.54) is 129 Å². The number of aliphatic hydroxyl groups is 4. The maximum atomic E-state index is 14.9. The number of anilines is 2. The zero-order valence-electron chi connectivity index (χ0n) is 43.9. The minimum atomic E-state index is -5.01. The normalized spacial score (nSPS) is 23.9. The third kappa shape index (κ3) is 14.5. The molecule has 4 aromatic heterocycles. The Hall–Kier alpha value is -5.31. The minimum absolute atomic E-state index is 0.0192. The van der Waals surface area contributed by atoms with Crippen molar-refractivity contribution >= 4 is 30.5 Å². The van der Waals surface area contributed by atoms with Gasteiger partial charge in [-0.2, -0.15) is 20.7 Å². The van der Waals surface area contributed by atoms with Crippen LogP contribution in [0, 0.1) is 22.7 Å². The van der Waals surface area contributed by atoms with Gasteiger partial charge in [-0.3, -0.25) is 13.6 Å². The Morgan fingerprint density at radius 2 is 1.17 bits per heavy atom. The van der Waals surface area contributed by atoms with Crippen LogP contribution in [-0.4, -0.2) is 125 Å². The van der Waals surface area contributed by atoms with Gasteiger partial charge < -0.3 is 50.8 Å². The summed E-state index contributed by atoms with van der Waals surface area (Å²) in [5.41, 5.74) is 8.18. The number of unbranched alkanes of at least 4 members (excludes halogenated alkanes) is 15. The Labute approximate surface area is 452 Å². The third-order valence-electron chi connectivity index (χ3n) is 14.3. The first-order chi connectivity index (χ1) is 37.7. The first-order valence-electron chi connectivity index (χ1n) is 26.9. The standard InChI is InChI=1S/C53H73F2N10O12P/c1-2-3-4-5-6-7-8-9-10-11-12-13-14-15-16-17-25-71-28-38(72-27-36-19-18-20-37(26-36)49(54)55)29-73-78(70,74-30-41-45(66)47(68)52(32-56,76-41)43-23-21-39-50(58)60-34-62-64(39)43)75-31-42-46(67)48(69)53(33-57,77-42)44-24-22-40-51(59)61-35-63-65(40)44/h18-24,26,34-35,38,41-42,45-49,66-69H,2-17,25,27-31H2,1H3,(H2,58,60,62)(H2,59,61,63)/t38-,41-,42-,45-,46-,47-,48-,52+,53+/m1/s1. The lowest BCUT2D eigenvalue weighted by molar-refractivity contribution is -0.0802. The molecule has 0 amide bonds. The summed E-state index contributed by atoms with van der Waals surface area (Å²) in [6.07, 6.45) is 7.09. The van der Waals surface area contributed by atoms with Gasteiger partial charge in [0.1, 0.15) is 78.6 Å². The molecule has 7 rings (SSSR count). The summed E-state index contributed by atoms with van der Waals surface area (Å²) in [7, 11) is -5.01. The van der Waals surface area contributed by atoms with Gasteiger partial charge in [0.05, 0.1) is 44.4 Å². The smallest absolute Gasteiger partial charge is 0.387 e. The summed E-state index contributed by atoms with van der Waals surface area (Å²) in [5, 5.41) is 74.8. The van der Waals surface area contributed by atoms with Crippen molar-refractivity contribution < 1.29 is 66.3 Å². The molecule has 1 aromatic carbocycles. The number of phosphoric acid groups is 1. The highest BCUT2D eigenvalue weighted by Gasteiger charge is 2.59. The van der Waals surface area contributed by atoms with Crippen LogP contribution in [0.25, 0.3) is 11.0 Å². The zero-order valence-corrected chi connectivity index (χ0v) is 44.8. The number of halogens is 2. The second-order valence-corrected chi connectivity index (χ2v) is 21.6. The van der Waals surface area contributed by atoms with Gasteiger partial charge in [0.25, 0.3) is 6.43 Å². The second kappa shape index (κ2) is 28.7. The largest absolute Gasteiger partial charge is 0.475 e. The fourth-order valence-corrected chi connectivity index (χ4v) is 11.1. The Balaban J connectivity index is 1.02. The molecule has 0 spiro atoms. The van der Waals surface area contributed by atoms with Gasteiger partial charge in [0.2, 0.25) is 11.2 Å². The van der Waals surface area contributed by atoms with Crippen molar-refractivity contribution in [1.82, 2.24) is 29.2 Å². The Kier molecular flexibility index (Phi) is 22.2. The van der Waals surface area contributed by atoms with Crippen molar-refractivity contribution in [2.24, 2.45) is 0 Å². The lowest BCUT2D eigenvalue weighted by Gasteiger charge is -2.26. The number of benzene rings is 1. The number of nitrogens with two attached hydrogens (primary N) is 2. The van der Waals surface area contributed by atoms with Crippen LogP contribution >= 0.6 is 7.82 Å². The predicted molar refractivity (Wildman–Crippen MR) is 279 cm³/mol. The first-order valence-corrected chi connectivity index (χ1v) is 28.3. The molecule has 0 saturated carbocycles. The highest BCUT2D eigenvalue weighted by Crippen LogP contribution is 2.52. The molecule has 0 aliphatic carbocycles. The van der Waals surface area contributed by atoms with Crippen LogP contribution in [0.15, 0.2) is 61.2 Å². The lowest BCUT2D eigenvalue weighted by Crippen LogP contribution is -2.41. The van der Waals surface area contributed by atoms with Gasteiger partial charge >= 0.3 is 7.82 Å². The van der Waals surface area contributed by atoms with Crippen molar-refractivity contribution in [3.63, 3.8) is 0 Å². The Morgan fingerprint density at radius 3 is 1.63 bits per heavy atom. The van der Waals surface area contributed by atoms with E-state index in [1.807, 2.05) is 12.1 Å². The SMILES string of the molecule is CCCCCCCCCCCCCCCCCCOC[C@H](COP(=O)(OC[C@H]1O[C@@](C#N)(c2ccc3c(N)ncnn23)[C@H](O)[C@@H]1O)OC[C@H]1O[C@@](C#N)(c2ccc3c(N)ncnn23)[C@H](O)[C@@H]1O)OCc1cccc(C(F)F)c1. The van der Waals surface area contributed by atoms with Crippen LogP contribution in [0.2, 0.25) is 0 Å². The Bertz CT molecular complexity index is 2690. The molecule has 8 N–H and O–H groups in total. The van der Waals surface area contributed by atoms with Crippen LogP contribution in [0.3, 0.4) is 0 Å². The number of ether oxygens (including phenoxy) is 4. The highest BCUT2D eigenvalue weighted by atomic mass is 31.2. The monoisotopic (exact) mass is 1110 g/mol. The van der Waals surface area contributed by atoms with E-state index in [4.69, 9.17) is 44.0 Å². The average molecular weight is 1110 g/mol. The van der Waals surface area contributed by atoms with Crippen molar-refractivity contribution in [3.8, 4) is 12.1 Å². The van der Waals surface area contributed by atoms with Crippen molar-refractivity contribution in [2.45, 2.75) is 177 Å². The maximum Gasteiger partial charge on any atom is 0.475 e. The number of aromatic nitrogens is 6. The van der Waals surface area contributed by atoms with E-state index in [1.54, 1.807) is 6.07 Å². The Morgan fingerprint density at radius 1 is 0.692 bits per heavy atom. The first kappa shape index (κ1) is 60.3. The molecule has 0 bridgehead atoms. The lowest BCUT2D eigenvalue weighted by atomic mass is 9.92. The van der Waals surface area contributed by atoms with E-state index < -0.39 is 88.0 Å². The number of nitriles is 2. The third-order valence-corrected chi connectivity index (χ3v) is 15.7. The fraction of sp³-hybridized carbons (Fsp3) is 0.623. The molecule has 2 aliphatic rings. The quantitative estimate of drug-likeness (QED) is 0.0174. The summed E-state index contributed by atoms with van der Waals surface area (Å²) in [6, 6.07) is 15.3. The van der Waals surface area contributed by atoms with E-state index in [0.717, 1.165) is 38.3 Å². The summed E-state index contributed by atoms with van der Waals surface area (Å²) in [4.78, 5) is 7.88. The van der Waals surface area contributed by atoms with E-state index in [0.29, 0.717) is 12.2 Å². The molecule has 2 aliphatic heterocycles. The van der Waals surface area contributed by atoms with Gasteiger partial charge in [0, 0.05) is 12.2 Å². The van der Waals surface area contributed by atoms with E-state index in [9.17, 15) is 44.3 Å². The molecule has 0 unspecified atom stereocenters. The van der Waals surface area contributed by atoms with Gasteiger partial charge in [-0.15, -0.1) is 0 Å². The van der Waals surface area contributed by atoms with E-state index in [2.05, 4.69) is 27.1 Å². The molecule has 22 nitrogen and oxygen atoms in total. The minimum Gasteiger partial charge on any atom is -0.387 e. The van der Waals surface area contributed by atoms with Gasteiger partial charge in [-0.05, 0) is 42.3 Å². The molecule has 2 saturated heterocycles. The van der Waals surface area contributed by atoms with Gasteiger partial charge in [0.15, 0.2) is 11.6 Å². The number of nitrogen functional groups attached to an aromatic ring is 2. The average Bonchev–Trinajstić information content (AvgIpc) is 4.41. The summed E-state index contributed by atoms with van der Waals surface area (Å²) < 4.78 is 86.5. The molecule has 25 heteroatoms. The number of hydrogen-bond acceptors (Lipinski definition) is 20. The molecule has 2 fully saturated rings. The van der Waals surface area contributed by atoms with E-state index >= 15 is 0 Å². The van der Waals surface area contributed by atoms with Crippen molar-refractivity contribution in [1.29, 1.82) is 10.5 Å². The number of alkyl halides is 2. The number of rotatable bonds is 34. The molecule has 78 heavy (non-hydrogen) atoms. The van der Waals surface area contributed by atoms with Crippen LogP contribution in [0.4, 0.5) is 20.4 Å². The van der Waals surface area contributed by atoms with Gasteiger partial charge in [-0.25, -0.2) is 32.3 Å². The summed E-state index contributed by atoms with van der Waals surface area (Å²) >= 11 is 0. The highest BCUT2D eigenvalue weighted by molar-refractivity contribution is 7.48. The topological polar surface area (TPSA) is 323 Å². The number of fused-ring (bicyclic) bond motifs is 2. The second-order valence-electron chi connectivity index (χ2n) is 19.9. The molecule has 0 radical (unpaired) electrons. The maximum absolute atomic E-state index is 14.9. The molecular weight excluding hydrogens is 1040 g/mol. The molecular formula is C53H73F2N10O12P. The van der Waals surface area contributed by atoms with Crippen LogP contribution in [-0.2, 0) is 54.9 Å². The number of nitrogens with zero attached hydrogens (tertiary/aromatic N) is 8. The number of phosphoric ester groups is 1. The molecule has 426 valence electrons. The van der Waals surface area contributed by atoms with Crippen LogP contribution in [0.5, 0.6) is 0 Å². The van der Waals surface area contributed by atoms with E-state index in [-0.39, 0.29) is 52.8 Å². The predicted octanol–water partition coefficient (Wildman–Crippen LogP) is 7.27. The van der Waals surface area contributed by atoms with Crippen molar-refractivity contribution in [3.05, 3.63) is 83.7 Å². The number of hydrogen-bond donors (Lipinski definition) is 6. The van der Waals surface area contributed by atoms with Crippen molar-refractivity contribution in [2.75, 3.05) is 44.5 Å². The van der Waals surface area contributed by atoms with Crippen LogP contribution in [0.1, 0.15) is 139 Å². The molecule has 5 aromatic rings. The van der Waals surface area contributed by atoms with Gasteiger partial charge in [-0.1, -0.05) is 121 Å². The number of aliphatic hydroxyl groups excluding tert-OH is 4. The molecule has 6 heterocycles. The molecule has 9 atom stereocenters. The zero-order chi connectivity index (χ0) is 55.7. The fourth-order valence-electron chi connectivity index (χ4n) is 9.86.